The number of hydrogen-bond donors (Lipinski definition) is 2. The van der Waals surface area contributed by atoms with Crippen LogP contribution in [-0.4, -0.2) is 37.5 Å². The molecule has 2 rings (SSSR count). The van der Waals surface area contributed by atoms with Crippen LogP contribution in [0.1, 0.15) is 25.0 Å². The van der Waals surface area contributed by atoms with E-state index in [0.29, 0.717) is 25.4 Å². The number of aliphatic hydroxyl groups excluding tert-OH is 1. The molecule has 4 nitrogen and oxygen atoms in total. The lowest BCUT2D eigenvalue weighted by Crippen LogP contribution is -2.47. The molecule has 3 unspecified atom stereocenters. The average Bonchev–Trinajstić information content (AvgIpc) is 2.38. The van der Waals surface area contributed by atoms with Crippen LogP contribution in [0.25, 0.3) is 0 Å². The Morgan fingerprint density at radius 3 is 3.00 bits per heavy atom. The van der Waals surface area contributed by atoms with Crippen molar-refractivity contribution in [3.05, 3.63) is 29.6 Å². The summed E-state index contributed by atoms with van der Waals surface area (Å²) in [5, 5.41) is 13.6. The first-order valence-corrected chi connectivity index (χ1v) is 6.46. The molecular weight excluding hydrogens is 249 g/mol. The van der Waals surface area contributed by atoms with Gasteiger partial charge in [0, 0.05) is 12.1 Å². The summed E-state index contributed by atoms with van der Waals surface area (Å²) in [6.07, 6.45) is -0.524. The smallest absolute Gasteiger partial charge is 0.132 e. The number of benzene rings is 1. The first-order valence-electron chi connectivity index (χ1n) is 6.46. The number of ether oxygens (including phenoxy) is 2. The zero-order valence-corrected chi connectivity index (χ0v) is 11.2. The first-order chi connectivity index (χ1) is 9.11. The van der Waals surface area contributed by atoms with E-state index in [-0.39, 0.29) is 17.6 Å². The van der Waals surface area contributed by atoms with Crippen LogP contribution in [0, 0.1) is 5.82 Å². The molecule has 0 spiro atoms. The molecule has 1 aromatic carbocycles. The molecule has 0 aromatic heterocycles. The van der Waals surface area contributed by atoms with Crippen LogP contribution in [0.2, 0.25) is 0 Å². The number of methoxy groups -OCH3 is 1. The number of hydrogen-bond acceptors (Lipinski definition) is 4. The van der Waals surface area contributed by atoms with Gasteiger partial charge < -0.3 is 19.9 Å². The lowest BCUT2D eigenvalue weighted by atomic mass is 9.99. The van der Waals surface area contributed by atoms with Crippen molar-refractivity contribution in [2.75, 3.05) is 20.3 Å². The summed E-state index contributed by atoms with van der Waals surface area (Å²) in [4.78, 5) is 0. The minimum atomic E-state index is -0.914. The maximum Gasteiger partial charge on any atom is 0.132 e. The highest BCUT2D eigenvalue weighted by Crippen LogP contribution is 2.30. The summed E-state index contributed by atoms with van der Waals surface area (Å²) in [7, 11) is 1.47. The number of nitrogens with one attached hydrogen (secondary N) is 1. The van der Waals surface area contributed by atoms with Gasteiger partial charge in [-0.05, 0) is 25.5 Å². The molecule has 1 aliphatic heterocycles. The van der Waals surface area contributed by atoms with Gasteiger partial charge in [-0.25, -0.2) is 4.39 Å². The van der Waals surface area contributed by atoms with E-state index in [2.05, 4.69) is 5.32 Å². The van der Waals surface area contributed by atoms with Crippen LogP contribution in [-0.2, 0) is 4.74 Å². The zero-order chi connectivity index (χ0) is 13.8. The molecule has 0 radical (unpaired) electrons. The van der Waals surface area contributed by atoms with Crippen molar-refractivity contribution in [1.82, 2.24) is 5.32 Å². The molecule has 1 heterocycles. The Morgan fingerprint density at radius 2 is 2.32 bits per heavy atom. The lowest BCUT2D eigenvalue weighted by Gasteiger charge is -2.30. The zero-order valence-electron chi connectivity index (χ0n) is 11.2. The van der Waals surface area contributed by atoms with Crippen LogP contribution < -0.4 is 10.1 Å². The summed E-state index contributed by atoms with van der Waals surface area (Å²) in [6, 6.07) is 4.80. The second kappa shape index (κ2) is 6.32. The van der Waals surface area contributed by atoms with Crippen LogP contribution in [0.5, 0.6) is 5.75 Å². The maximum atomic E-state index is 13.8. The summed E-state index contributed by atoms with van der Waals surface area (Å²) in [5.41, 5.74) is 0.213. The molecule has 19 heavy (non-hydrogen) atoms. The Labute approximate surface area is 112 Å². The highest BCUT2D eigenvalue weighted by atomic mass is 19.1. The van der Waals surface area contributed by atoms with E-state index in [1.165, 1.54) is 13.2 Å². The van der Waals surface area contributed by atoms with Gasteiger partial charge in [0.25, 0.3) is 0 Å². The Balaban J connectivity index is 2.09. The van der Waals surface area contributed by atoms with Gasteiger partial charge in [-0.2, -0.15) is 0 Å². The lowest BCUT2D eigenvalue weighted by molar-refractivity contribution is 0.0295. The second-order valence-electron chi connectivity index (χ2n) is 4.91. The largest absolute Gasteiger partial charge is 0.496 e. The fraction of sp³-hybridized carbons (Fsp3) is 0.571. The van der Waals surface area contributed by atoms with E-state index in [0.717, 1.165) is 0 Å². The summed E-state index contributed by atoms with van der Waals surface area (Å²) in [6.45, 7) is 3.20. The number of halogens is 1. The number of rotatable bonds is 4. The molecule has 106 valence electrons. The van der Waals surface area contributed by atoms with Gasteiger partial charge >= 0.3 is 0 Å². The van der Waals surface area contributed by atoms with Crippen molar-refractivity contribution < 1.29 is 19.0 Å². The Kier molecular flexibility index (Phi) is 4.74. The molecule has 1 aliphatic rings. The van der Waals surface area contributed by atoms with Gasteiger partial charge in [-0.3, -0.25) is 0 Å². The van der Waals surface area contributed by atoms with Gasteiger partial charge in [-0.15, -0.1) is 0 Å². The molecule has 0 aliphatic carbocycles. The van der Waals surface area contributed by atoms with E-state index in [1.54, 1.807) is 12.1 Å². The standard InChI is InChI=1S/C14H20FNO3/c1-9-7-19-8-10(16-9)6-12(17)14-11(15)4-3-5-13(14)18-2/h3-5,9-10,12,16-17H,6-8H2,1-2H3. The molecule has 1 fully saturated rings. The monoisotopic (exact) mass is 269 g/mol. The predicted molar refractivity (Wildman–Crippen MR) is 69.7 cm³/mol. The van der Waals surface area contributed by atoms with E-state index in [1.807, 2.05) is 6.92 Å². The van der Waals surface area contributed by atoms with E-state index < -0.39 is 11.9 Å². The second-order valence-corrected chi connectivity index (χ2v) is 4.91. The maximum absolute atomic E-state index is 13.8. The molecule has 2 N–H and O–H groups in total. The fourth-order valence-electron chi connectivity index (χ4n) is 2.43. The SMILES string of the molecule is COc1cccc(F)c1C(O)CC1COCC(C)N1. The molecule has 3 atom stereocenters. The van der Waals surface area contributed by atoms with Gasteiger partial charge in [0.05, 0.1) is 32.0 Å². The minimum Gasteiger partial charge on any atom is -0.496 e. The minimum absolute atomic E-state index is 0.0167. The van der Waals surface area contributed by atoms with Crippen molar-refractivity contribution in [1.29, 1.82) is 0 Å². The highest BCUT2D eigenvalue weighted by molar-refractivity contribution is 5.36. The van der Waals surface area contributed by atoms with E-state index in [4.69, 9.17) is 9.47 Å². The van der Waals surface area contributed by atoms with E-state index in [9.17, 15) is 9.50 Å². The third-order valence-corrected chi connectivity index (χ3v) is 3.28. The number of morpholine rings is 1. The highest BCUT2D eigenvalue weighted by Gasteiger charge is 2.25. The van der Waals surface area contributed by atoms with Gasteiger partial charge in [0.15, 0.2) is 0 Å². The Bertz CT molecular complexity index is 427. The van der Waals surface area contributed by atoms with Crippen molar-refractivity contribution in [2.24, 2.45) is 0 Å². The molecular formula is C14H20FNO3. The fourth-order valence-corrected chi connectivity index (χ4v) is 2.43. The topological polar surface area (TPSA) is 50.7 Å². The predicted octanol–water partition coefficient (Wildman–Crippen LogP) is 1.63. The summed E-state index contributed by atoms with van der Waals surface area (Å²) < 4.78 is 24.4. The number of aliphatic hydroxyl groups is 1. The summed E-state index contributed by atoms with van der Waals surface area (Å²) >= 11 is 0. The molecule has 1 saturated heterocycles. The molecule has 1 aromatic rings. The third-order valence-electron chi connectivity index (χ3n) is 3.28. The average molecular weight is 269 g/mol. The van der Waals surface area contributed by atoms with Crippen LogP contribution in [0.4, 0.5) is 4.39 Å². The first kappa shape index (κ1) is 14.2. The Hall–Kier alpha value is -1.17. The molecule has 0 bridgehead atoms. The van der Waals surface area contributed by atoms with Crippen molar-refractivity contribution >= 4 is 0 Å². The van der Waals surface area contributed by atoms with Crippen LogP contribution in [0.3, 0.4) is 0 Å². The summed E-state index contributed by atoms with van der Waals surface area (Å²) in [5.74, 6) is -0.0751. The van der Waals surface area contributed by atoms with Crippen LogP contribution >= 0.6 is 0 Å². The van der Waals surface area contributed by atoms with Crippen molar-refractivity contribution in [3.63, 3.8) is 0 Å². The van der Waals surface area contributed by atoms with E-state index >= 15 is 0 Å². The Morgan fingerprint density at radius 1 is 1.53 bits per heavy atom. The molecule has 0 saturated carbocycles. The normalized spacial score (nSPS) is 25.1. The van der Waals surface area contributed by atoms with Crippen molar-refractivity contribution in [3.8, 4) is 5.75 Å². The van der Waals surface area contributed by atoms with Gasteiger partial charge in [-0.1, -0.05) is 6.07 Å². The molecule has 5 heteroatoms. The quantitative estimate of drug-likeness (QED) is 0.872. The van der Waals surface area contributed by atoms with Gasteiger partial charge in [0.2, 0.25) is 0 Å². The molecule has 0 amide bonds. The third kappa shape index (κ3) is 3.43. The van der Waals surface area contributed by atoms with Crippen LogP contribution in [0.15, 0.2) is 18.2 Å². The van der Waals surface area contributed by atoms with Gasteiger partial charge in [0.1, 0.15) is 11.6 Å². The van der Waals surface area contributed by atoms with Crippen molar-refractivity contribution in [2.45, 2.75) is 31.5 Å².